The third-order valence-electron chi connectivity index (χ3n) is 29.9. The zero-order chi connectivity index (χ0) is 95.5. The van der Waals surface area contributed by atoms with Crippen LogP contribution in [0.2, 0.25) is 0 Å². The highest BCUT2D eigenvalue weighted by atomic mass is 16.6. The van der Waals surface area contributed by atoms with Crippen molar-refractivity contribution in [3.8, 4) is 34.9 Å². The molecule has 8 heterocycles. The first kappa shape index (κ1) is 97.5. The van der Waals surface area contributed by atoms with E-state index in [0.29, 0.717) is 128 Å². The molecule has 0 unspecified atom stereocenters. The predicted octanol–water partition coefficient (Wildman–Crippen LogP) is 15.7. The number of carbonyl (C=O) groups excluding carboxylic acids is 9. The molecule has 0 radical (unpaired) electrons. The summed E-state index contributed by atoms with van der Waals surface area (Å²) in [6, 6.07) is 13.9. The number of hydrogen-bond donors (Lipinski definition) is 0. The SMILES string of the molecule is C=CCCC[C@@H]1[C@H]2C[C@H]2C[C@H]1OC(=O)C[C@H](C(=O)N1C[C@H](Oc2nc3cc(OC)ccc3nc2C=C)C[C@H]1C(=O)OC)C(C)(C)C.COC(=O)[C@@H]1C[C@@H]2CN1C(=O)[C@H](C(C)(C)C)CC(=O)O[C@@H]1C[C@@H]3C[C@@H]3[C@H]1CCC/C=C/c1nc3ccc(OC)cc3nc1O2.COC(=O)[C@@H]1C[C@@H]2CN1C(=O)[C@H](C(C)(C)C)CC(=O)O[C@@H]1C[C@@H]3C[C@@H]3[C@H]1CCCCCc1nc3ccc(OC)cc3nc1O2. The van der Waals surface area contributed by atoms with Gasteiger partial charge in [0, 0.05) is 37.5 Å². The number of ether oxygens (including phenoxy) is 12. The van der Waals surface area contributed by atoms with Crippen LogP contribution in [0.15, 0.2) is 79.9 Å². The summed E-state index contributed by atoms with van der Waals surface area (Å²) in [5.74, 6) is 2.35. The molecule has 6 aliphatic carbocycles. The van der Waals surface area contributed by atoms with Crippen LogP contribution in [0.4, 0.5) is 0 Å². The standard InChI is InChI=1S/C36H47N3O7.C34H45N3O7.C34H43N3O7/c1-8-10-11-12-24-25-15-21(25)16-31(24)46-32(40)19-26(36(3,4)5)34(41)39-20-23(18-30(39)35(42)44-7)45-33-27(9-2)37-28-14-13-22(43-6)17-29(28)38-33;2*1-34(2,3)24-17-30(38)44-29-14-19-13-23(19)22(29)9-7-6-8-10-26-31(36-27-15-20(41-4)11-12-25(27)35-26)43-21-16-28(33(40)42-5)37(18-21)32(24)39/h8-9,13-14,17,21,23-26,30-31H,1-2,10-12,15-16,18-20H2,3-7H3;11-12,15,19,21-24,28-29H,6-10,13-14,16-18H2,1-5H3;8,10-12,15,19,21-24,28-29H,6-7,9,13-14,16-18H2,1-5H3/b;;10-8+/t21-,23+,24+,25-,26+,30-,31+;2*19-,21+,22+,23-,24+,28-,29+/m000/s1. The van der Waals surface area contributed by atoms with Crippen LogP contribution in [0, 0.1) is 87.3 Å². The summed E-state index contributed by atoms with van der Waals surface area (Å²) < 4.78 is 69.0. The van der Waals surface area contributed by atoms with Gasteiger partial charge in [-0.1, -0.05) is 93.9 Å². The van der Waals surface area contributed by atoms with E-state index in [1.807, 2.05) is 105 Å². The van der Waals surface area contributed by atoms with E-state index in [1.165, 1.54) is 55.3 Å². The maximum atomic E-state index is 14.2. The van der Waals surface area contributed by atoms with Gasteiger partial charge in [0.15, 0.2) is 0 Å². The van der Waals surface area contributed by atoms with Gasteiger partial charge in [0.05, 0.1) is 132 Å². The smallest absolute Gasteiger partial charge is 0.328 e. The van der Waals surface area contributed by atoms with Crippen LogP contribution >= 0.6 is 0 Å². The number of fused-ring (bicyclic) bond motifs is 16. The Morgan fingerprint density at radius 1 is 0.522 bits per heavy atom. The maximum absolute atomic E-state index is 14.2. The van der Waals surface area contributed by atoms with Gasteiger partial charge in [-0.05, 0) is 214 Å². The van der Waals surface area contributed by atoms with Gasteiger partial charge in [0.1, 0.15) is 89.1 Å². The van der Waals surface area contributed by atoms with E-state index in [2.05, 4.69) is 29.2 Å². The van der Waals surface area contributed by atoms with Crippen LogP contribution < -0.4 is 28.4 Å². The molecule has 21 atom stereocenters. The summed E-state index contributed by atoms with van der Waals surface area (Å²) in [5.41, 5.74) is 4.10. The first-order chi connectivity index (χ1) is 64.1. The molecular weight excluding hydrogens is 1710 g/mol. The van der Waals surface area contributed by atoms with Crippen molar-refractivity contribution in [1.29, 1.82) is 0 Å². The highest BCUT2D eigenvalue weighted by Gasteiger charge is 2.59. The average molecular weight is 1850 g/mol. The number of benzene rings is 3. The van der Waals surface area contributed by atoms with Crippen molar-refractivity contribution < 1.29 is 100.0 Å². The first-order valence-electron chi connectivity index (χ1n) is 48.3. The molecule has 722 valence electrons. The summed E-state index contributed by atoms with van der Waals surface area (Å²) in [4.78, 5) is 155. The van der Waals surface area contributed by atoms with Gasteiger partial charge >= 0.3 is 35.8 Å². The van der Waals surface area contributed by atoms with E-state index >= 15 is 0 Å². The Kier molecular flexibility index (Phi) is 30.0. The van der Waals surface area contributed by atoms with Crippen molar-refractivity contribution in [1.82, 2.24) is 44.6 Å². The van der Waals surface area contributed by atoms with E-state index < -0.39 is 88.3 Å². The van der Waals surface area contributed by atoms with E-state index in [0.717, 1.165) is 94.7 Å². The topological polar surface area (TPSA) is 351 Å². The second kappa shape index (κ2) is 41.2. The minimum Gasteiger partial charge on any atom is -0.497 e. The van der Waals surface area contributed by atoms with Crippen molar-refractivity contribution in [3.63, 3.8) is 0 Å². The number of likely N-dealkylation sites (tertiary alicyclic amines) is 1. The number of aromatic nitrogens is 6. The Morgan fingerprint density at radius 3 is 1.56 bits per heavy atom. The molecule has 17 rings (SSSR count). The highest BCUT2D eigenvalue weighted by Crippen LogP contribution is 2.60. The van der Waals surface area contributed by atoms with E-state index in [1.54, 1.807) is 51.7 Å². The third-order valence-corrected chi connectivity index (χ3v) is 29.9. The molecule has 0 N–H and O–H groups in total. The number of aryl methyl sites for hydroxylation is 1. The van der Waals surface area contributed by atoms with Crippen LogP contribution in [0.5, 0.6) is 34.9 Å². The number of allylic oxidation sites excluding steroid dienone is 2. The van der Waals surface area contributed by atoms with Crippen molar-refractivity contribution >= 4 is 98.8 Å². The number of amides is 3. The fourth-order valence-corrected chi connectivity index (χ4v) is 22.2. The molecule has 3 aromatic heterocycles. The van der Waals surface area contributed by atoms with Crippen LogP contribution in [0.3, 0.4) is 0 Å². The van der Waals surface area contributed by atoms with Gasteiger partial charge in [-0.3, -0.25) is 28.8 Å². The van der Waals surface area contributed by atoms with Crippen LogP contribution in [-0.4, -0.2) is 215 Å². The Bertz CT molecular complexity index is 5410. The zero-order valence-corrected chi connectivity index (χ0v) is 80.5. The zero-order valence-electron chi connectivity index (χ0n) is 80.5. The highest BCUT2D eigenvalue weighted by molar-refractivity contribution is 5.92. The Morgan fingerprint density at radius 2 is 1.03 bits per heavy atom. The van der Waals surface area contributed by atoms with Crippen LogP contribution in [-0.2, 0) is 78.0 Å². The summed E-state index contributed by atoms with van der Waals surface area (Å²) in [5, 5.41) is 0. The second-order valence-corrected chi connectivity index (χ2v) is 41.9. The Labute approximate surface area is 785 Å². The van der Waals surface area contributed by atoms with E-state index in [9.17, 15) is 43.2 Å². The van der Waals surface area contributed by atoms with Crippen molar-refractivity contribution in [2.24, 2.45) is 87.3 Å². The van der Waals surface area contributed by atoms with Gasteiger partial charge < -0.3 is 71.5 Å². The van der Waals surface area contributed by atoms with Gasteiger partial charge in [0.25, 0.3) is 0 Å². The van der Waals surface area contributed by atoms with Crippen molar-refractivity contribution in [2.75, 3.05) is 62.3 Å². The lowest BCUT2D eigenvalue weighted by atomic mass is 9.77. The van der Waals surface area contributed by atoms with Crippen molar-refractivity contribution in [2.45, 2.75) is 265 Å². The third kappa shape index (κ3) is 22.4. The predicted molar refractivity (Wildman–Crippen MR) is 499 cm³/mol. The Balaban J connectivity index is 0.000000153. The van der Waals surface area contributed by atoms with Crippen LogP contribution in [0.1, 0.15) is 221 Å². The number of hydrogen-bond acceptors (Lipinski definition) is 27. The number of esters is 6. The number of methoxy groups -OCH3 is 6. The molecule has 9 fully saturated rings. The molecule has 5 aliphatic heterocycles. The molecule has 6 saturated carbocycles. The minimum absolute atomic E-state index is 0.0288. The molecule has 3 amide bonds. The van der Waals surface area contributed by atoms with Gasteiger partial charge in [-0.25, -0.2) is 44.3 Å². The molecule has 30 heteroatoms. The second-order valence-electron chi connectivity index (χ2n) is 41.9. The molecule has 11 aliphatic rings. The van der Waals surface area contributed by atoms with E-state index in [-0.39, 0.29) is 118 Å². The molecule has 0 spiro atoms. The lowest BCUT2D eigenvalue weighted by Gasteiger charge is -2.34. The molecule has 3 saturated heterocycles. The minimum atomic E-state index is -0.875. The number of nitrogens with zero attached hydrogens (tertiary/aromatic N) is 9. The van der Waals surface area contributed by atoms with Crippen LogP contribution in [0.25, 0.3) is 45.3 Å². The lowest BCUT2D eigenvalue weighted by Crippen LogP contribution is -2.48. The molecule has 3 aromatic carbocycles. The van der Waals surface area contributed by atoms with Gasteiger partial charge in [-0.2, -0.15) is 0 Å². The molecule has 30 nitrogen and oxygen atoms in total. The van der Waals surface area contributed by atoms with Gasteiger partial charge in [-0.15, -0.1) is 6.58 Å². The maximum Gasteiger partial charge on any atom is 0.328 e. The lowest BCUT2D eigenvalue weighted by molar-refractivity contribution is -0.160. The average Bonchev–Trinajstić information content (AvgIpc) is 1.60. The normalized spacial score (nSPS) is 29.4. The van der Waals surface area contributed by atoms with Gasteiger partial charge in [0.2, 0.25) is 35.4 Å². The molecule has 6 aromatic rings. The monoisotopic (exact) mass is 1850 g/mol. The largest absolute Gasteiger partial charge is 0.497 e. The summed E-state index contributed by atoms with van der Waals surface area (Å²) in [7, 11) is 8.71. The van der Waals surface area contributed by atoms with E-state index in [4.69, 9.17) is 76.8 Å². The number of unbranched alkanes of at least 4 members (excludes halogenated alkanes) is 1. The first-order valence-corrected chi connectivity index (χ1v) is 48.3. The fraction of sp³-hybridized carbons (Fsp3) is 0.625. The summed E-state index contributed by atoms with van der Waals surface area (Å²) in [6.45, 7) is 25.6. The fourth-order valence-electron chi connectivity index (χ4n) is 22.2. The molecule has 4 bridgehead atoms. The summed E-state index contributed by atoms with van der Waals surface area (Å²) >= 11 is 0. The summed E-state index contributed by atoms with van der Waals surface area (Å²) in [6.07, 6.45) is 23.1. The Hall–Kier alpha value is -11.1. The quantitative estimate of drug-likeness (QED) is 0.0354. The molecular formula is C104H135N9O21. The van der Waals surface area contributed by atoms with Crippen molar-refractivity contribution in [3.05, 3.63) is 97.0 Å². The number of carbonyl (C=O) groups is 9. The molecule has 134 heavy (non-hydrogen) atoms. The number of rotatable bonds is 17.